The van der Waals surface area contributed by atoms with Crippen LogP contribution in [0.4, 0.5) is 0 Å². The van der Waals surface area contributed by atoms with E-state index in [2.05, 4.69) is 9.97 Å². The van der Waals surface area contributed by atoms with E-state index in [0.717, 1.165) is 0 Å². The summed E-state index contributed by atoms with van der Waals surface area (Å²) in [7, 11) is -1.05. The van der Waals surface area contributed by atoms with Crippen molar-refractivity contribution >= 4 is 16.6 Å². The quantitative estimate of drug-likeness (QED) is 0.612. The number of carbonyl (C=O) groups excluding carboxylic acids is 1. The zero-order valence-corrected chi connectivity index (χ0v) is 15.0. The van der Waals surface area contributed by atoms with E-state index in [0.29, 0.717) is 33.6 Å². The number of hydrogen-bond acceptors (Lipinski definition) is 6. The lowest BCUT2D eigenvalue weighted by Gasteiger charge is -2.11. The van der Waals surface area contributed by atoms with Crippen LogP contribution in [0, 0.1) is 0 Å². The van der Waals surface area contributed by atoms with Gasteiger partial charge in [0.25, 0.3) is 0 Å². The number of benzene rings is 2. The van der Waals surface area contributed by atoms with E-state index in [1.165, 1.54) is 19.3 Å². The van der Waals surface area contributed by atoms with E-state index in [9.17, 15) is 9.00 Å². The van der Waals surface area contributed by atoms with Crippen molar-refractivity contribution in [2.24, 2.45) is 0 Å². The van der Waals surface area contributed by atoms with Gasteiger partial charge in [0.05, 0.1) is 6.20 Å². The molecule has 0 aliphatic carbocycles. The highest BCUT2D eigenvalue weighted by atomic mass is 32.2. The first kappa shape index (κ1) is 17.8. The largest absolute Gasteiger partial charge is 0.457 e. The van der Waals surface area contributed by atoms with Crippen LogP contribution in [0.15, 0.2) is 66.0 Å². The Hall–Kier alpha value is -3.06. The molecule has 0 aliphatic rings. The smallest absolute Gasteiger partial charge is 0.237 e. The van der Waals surface area contributed by atoms with Crippen molar-refractivity contribution in [2.75, 3.05) is 6.26 Å². The lowest BCUT2D eigenvalue weighted by molar-refractivity contribution is 0.101. The fourth-order valence-electron chi connectivity index (χ4n) is 2.19. The molecule has 0 spiro atoms. The molecule has 0 fully saturated rings. The minimum Gasteiger partial charge on any atom is -0.457 e. The Morgan fingerprint density at radius 1 is 0.962 bits per heavy atom. The van der Waals surface area contributed by atoms with Crippen molar-refractivity contribution in [3.05, 3.63) is 66.6 Å². The molecule has 0 saturated carbocycles. The van der Waals surface area contributed by atoms with Gasteiger partial charge < -0.3 is 9.47 Å². The lowest BCUT2D eigenvalue weighted by Crippen LogP contribution is -1.96. The third-order valence-corrected chi connectivity index (χ3v) is 4.38. The summed E-state index contributed by atoms with van der Waals surface area (Å²) in [4.78, 5) is 20.5. The summed E-state index contributed by atoms with van der Waals surface area (Å²) in [5.41, 5.74) is 0.452. The summed E-state index contributed by atoms with van der Waals surface area (Å²) < 4.78 is 22.9. The van der Waals surface area contributed by atoms with Crippen molar-refractivity contribution < 1.29 is 18.5 Å². The predicted octanol–water partition coefficient (Wildman–Crippen LogP) is 4.00. The van der Waals surface area contributed by atoms with Gasteiger partial charge in [0, 0.05) is 46.0 Å². The molecule has 6 nitrogen and oxygen atoms in total. The number of Topliss-reactive ketones (excluding diaryl/α,β-unsaturated/α-hetero) is 1. The molecule has 0 radical (unpaired) electrons. The first-order valence-electron chi connectivity index (χ1n) is 7.72. The fourth-order valence-corrected chi connectivity index (χ4v) is 2.71. The minimum absolute atomic E-state index is 0.115. The molecule has 1 unspecified atom stereocenters. The number of ether oxygens (including phenoxy) is 2. The molecule has 26 heavy (non-hydrogen) atoms. The molecule has 132 valence electrons. The van der Waals surface area contributed by atoms with E-state index in [-0.39, 0.29) is 5.78 Å². The van der Waals surface area contributed by atoms with Gasteiger partial charge in [-0.3, -0.25) is 14.0 Å². The molecule has 0 N–H and O–H groups in total. The number of aromatic nitrogens is 2. The predicted molar refractivity (Wildman–Crippen MR) is 97.4 cm³/mol. The monoisotopic (exact) mass is 368 g/mol. The van der Waals surface area contributed by atoms with Gasteiger partial charge in [-0.2, -0.15) is 0 Å². The van der Waals surface area contributed by atoms with Crippen LogP contribution in [-0.2, 0) is 10.8 Å². The average Bonchev–Trinajstić information content (AvgIpc) is 2.63. The Kier molecular flexibility index (Phi) is 5.38. The van der Waals surface area contributed by atoms with Crippen molar-refractivity contribution in [2.45, 2.75) is 11.8 Å². The molecule has 0 amide bonds. The molecular weight excluding hydrogens is 352 g/mol. The molecule has 1 atom stereocenters. The van der Waals surface area contributed by atoms with Gasteiger partial charge in [-0.05, 0) is 43.3 Å². The summed E-state index contributed by atoms with van der Waals surface area (Å²) in [6.45, 7) is 1.47. The Balaban J connectivity index is 1.88. The van der Waals surface area contributed by atoms with Crippen molar-refractivity contribution in [1.29, 1.82) is 0 Å². The summed E-state index contributed by atoms with van der Waals surface area (Å²) >= 11 is 0. The number of carbonyl (C=O) groups is 1. The van der Waals surface area contributed by atoms with Crippen LogP contribution in [0.5, 0.6) is 23.1 Å². The second kappa shape index (κ2) is 7.88. The van der Waals surface area contributed by atoms with Gasteiger partial charge in [-0.15, -0.1) is 0 Å². The molecule has 0 saturated heterocycles. The standard InChI is InChI=1S/C19H16N2O4S/c1-13(22)14-9-16(24-15-3-5-18(6-4-15)26(2)23)11-17(10-14)25-19-12-20-7-8-21-19/h3-12H,1-2H3. The zero-order chi connectivity index (χ0) is 18.5. The summed E-state index contributed by atoms with van der Waals surface area (Å²) in [6, 6.07) is 11.8. The number of rotatable bonds is 6. The van der Waals surface area contributed by atoms with E-state index >= 15 is 0 Å². The highest BCUT2D eigenvalue weighted by Gasteiger charge is 2.09. The van der Waals surface area contributed by atoms with Crippen LogP contribution in [0.3, 0.4) is 0 Å². The summed E-state index contributed by atoms with van der Waals surface area (Å²) in [5, 5.41) is 0. The molecule has 1 aromatic heterocycles. The normalized spacial score (nSPS) is 11.6. The van der Waals surface area contributed by atoms with Gasteiger partial charge in [-0.25, -0.2) is 4.98 Å². The maximum Gasteiger partial charge on any atom is 0.237 e. The molecular formula is C19H16N2O4S. The van der Waals surface area contributed by atoms with Crippen molar-refractivity contribution in [1.82, 2.24) is 9.97 Å². The summed E-state index contributed by atoms with van der Waals surface area (Å²) in [5.74, 6) is 1.62. The highest BCUT2D eigenvalue weighted by molar-refractivity contribution is 7.84. The number of ketones is 1. The SMILES string of the molecule is CC(=O)c1cc(Oc2ccc(S(C)=O)cc2)cc(Oc2cnccn2)c1. The molecule has 3 aromatic rings. The van der Waals surface area contributed by atoms with Gasteiger partial charge in [0.1, 0.15) is 17.2 Å². The van der Waals surface area contributed by atoms with Gasteiger partial charge >= 0.3 is 0 Å². The molecule has 2 aromatic carbocycles. The van der Waals surface area contributed by atoms with Gasteiger partial charge in [0.2, 0.25) is 5.88 Å². The second-order valence-electron chi connectivity index (χ2n) is 5.42. The third kappa shape index (κ3) is 4.52. The second-order valence-corrected chi connectivity index (χ2v) is 6.80. The minimum atomic E-state index is -1.05. The number of hydrogen-bond donors (Lipinski definition) is 0. The third-order valence-electron chi connectivity index (χ3n) is 3.44. The Labute approximate surface area is 153 Å². The Bertz CT molecular complexity index is 944. The maximum absolute atomic E-state index is 11.8. The van der Waals surface area contributed by atoms with Crippen LogP contribution < -0.4 is 9.47 Å². The first-order chi connectivity index (χ1) is 12.5. The van der Waals surface area contributed by atoms with E-state index < -0.39 is 10.8 Å². The molecule has 0 bridgehead atoms. The van der Waals surface area contributed by atoms with E-state index in [1.807, 2.05) is 0 Å². The molecule has 3 rings (SSSR count). The Morgan fingerprint density at radius 2 is 1.65 bits per heavy atom. The summed E-state index contributed by atoms with van der Waals surface area (Å²) in [6.07, 6.45) is 6.15. The van der Waals surface area contributed by atoms with Gasteiger partial charge in [0.15, 0.2) is 5.78 Å². The molecule has 0 aliphatic heterocycles. The van der Waals surface area contributed by atoms with E-state index in [4.69, 9.17) is 9.47 Å². The van der Waals surface area contributed by atoms with Gasteiger partial charge in [-0.1, -0.05) is 0 Å². The maximum atomic E-state index is 11.8. The molecule has 7 heteroatoms. The van der Waals surface area contributed by atoms with Crippen LogP contribution in [-0.4, -0.2) is 26.2 Å². The van der Waals surface area contributed by atoms with Crippen molar-refractivity contribution in [3.63, 3.8) is 0 Å². The zero-order valence-electron chi connectivity index (χ0n) is 14.2. The number of nitrogens with zero attached hydrogens (tertiary/aromatic N) is 2. The average molecular weight is 368 g/mol. The Morgan fingerprint density at radius 3 is 2.23 bits per heavy atom. The van der Waals surface area contributed by atoms with Crippen LogP contribution >= 0.6 is 0 Å². The topological polar surface area (TPSA) is 78.4 Å². The van der Waals surface area contributed by atoms with Crippen LogP contribution in [0.25, 0.3) is 0 Å². The van der Waals surface area contributed by atoms with Crippen molar-refractivity contribution in [3.8, 4) is 23.1 Å². The van der Waals surface area contributed by atoms with E-state index in [1.54, 1.807) is 54.9 Å². The van der Waals surface area contributed by atoms with Crippen LogP contribution in [0.2, 0.25) is 0 Å². The molecule has 1 heterocycles. The van der Waals surface area contributed by atoms with Crippen LogP contribution in [0.1, 0.15) is 17.3 Å². The first-order valence-corrected chi connectivity index (χ1v) is 9.28. The lowest BCUT2D eigenvalue weighted by atomic mass is 10.1. The fraction of sp³-hybridized carbons (Fsp3) is 0.105. The highest BCUT2D eigenvalue weighted by Crippen LogP contribution is 2.30.